The van der Waals surface area contributed by atoms with Gasteiger partial charge in [-0.1, -0.05) is 36.9 Å². The maximum absolute atomic E-state index is 12.9. The maximum atomic E-state index is 12.9. The molecule has 0 spiro atoms. The number of carbonyl (C=O) groups excluding carboxylic acids is 1. The van der Waals surface area contributed by atoms with E-state index < -0.39 is 11.6 Å². The highest BCUT2D eigenvalue weighted by molar-refractivity contribution is 7.99. The number of ether oxygens (including phenoxy) is 3. The van der Waals surface area contributed by atoms with Crippen LogP contribution in [0.1, 0.15) is 12.5 Å². The molecule has 0 fully saturated rings. The minimum absolute atomic E-state index is 0.285. The first-order chi connectivity index (χ1) is 17.0. The van der Waals surface area contributed by atoms with Crippen LogP contribution in [0.4, 0.5) is 5.69 Å². The molecule has 4 rings (SSSR count). The van der Waals surface area contributed by atoms with Gasteiger partial charge in [0, 0.05) is 35.1 Å². The van der Waals surface area contributed by atoms with Gasteiger partial charge >= 0.3 is 5.69 Å². The summed E-state index contributed by atoms with van der Waals surface area (Å²) < 4.78 is 18.4. The molecule has 1 amide bonds. The quantitative estimate of drug-likeness (QED) is 0.377. The van der Waals surface area contributed by atoms with Crippen molar-refractivity contribution in [2.75, 3.05) is 26.6 Å². The van der Waals surface area contributed by atoms with Crippen molar-refractivity contribution in [2.24, 2.45) is 0 Å². The van der Waals surface area contributed by atoms with Crippen molar-refractivity contribution in [3.8, 4) is 17.2 Å². The number of nitrogens with zero attached hydrogens (tertiary/aromatic N) is 4. The minimum atomic E-state index is -0.441. The van der Waals surface area contributed by atoms with Gasteiger partial charge in [0.25, 0.3) is 0 Å². The molecular formula is C24H25N5O5S. The Morgan fingerprint density at radius 3 is 2.46 bits per heavy atom. The van der Waals surface area contributed by atoms with Crippen LogP contribution in [0.2, 0.25) is 0 Å². The summed E-state index contributed by atoms with van der Waals surface area (Å²) in [5.74, 6) is 0.759. The average molecular weight is 496 g/mol. The number of hydrogen-bond donors (Lipinski definition) is 1. The smallest absolute Gasteiger partial charge is 0.350 e. The molecule has 0 unspecified atom stereocenters. The fraction of sp³-hybridized carbons (Fsp3) is 0.250. The average Bonchev–Trinajstić information content (AvgIpc) is 3.19. The largest absolute Gasteiger partial charge is 0.493 e. The third-order valence-electron chi connectivity index (χ3n) is 5.27. The Bertz CT molecular complexity index is 1410. The molecule has 0 saturated carbocycles. The monoisotopic (exact) mass is 495 g/mol. The molecule has 2 aromatic heterocycles. The molecule has 0 saturated heterocycles. The molecule has 0 atom stereocenters. The summed E-state index contributed by atoms with van der Waals surface area (Å²) in [6.45, 7) is 1.80. The highest BCUT2D eigenvalue weighted by Crippen LogP contribution is 2.40. The number of carbonyl (C=O) groups is 1. The number of benzene rings is 2. The maximum Gasteiger partial charge on any atom is 0.350 e. The zero-order valence-electron chi connectivity index (χ0n) is 19.8. The van der Waals surface area contributed by atoms with E-state index in [4.69, 9.17) is 14.2 Å². The van der Waals surface area contributed by atoms with Crippen LogP contribution in [0, 0.1) is 0 Å². The van der Waals surface area contributed by atoms with Crippen LogP contribution in [-0.4, -0.2) is 46.4 Å². The molecule has 2 heterocycles. The highest BCUT2D eigenvalue weighted by atomic mass is 32.2. The Hall–Kier alpha value is -3.99. The predicted molar refractivity (Wildman–Crippen MR) is 132 cm³/mol. The number of fused-ring (bicyclic) bond motifs is 1. The van der Waals surface area contributed by atoms with E-state index in [-0.39, 0.29) is 6.54 Å². The summed E-state index contributed by atoms with van der Waals surface area (Å²) in [5.41, 5.74) is 1.55. The lowest BCUT2D eigenvalue weighted by Gasteiger charge is -2.14. The molecule has 11 heteroatoms. The first-order valence-corrected chi connectivity index (χ1v) is 11.6. The lowest BCUT2D eigenvalue weighted by atomic mass is 10.2. The molecule has 4 aromatic rings. The number of anilines is 1. The van der Waals surface area contributed by atoms with Gasteiger partial charge in [0.15, 0.2) is 17.1 Å². The first-order valence-electron chi connectivity index (χ1n) is 10.8. The van der Waals surface area contributed by atoms with Gasteiger partial charge in [0.05, 0.1) is 21.3 Å². The number of aryl methyl sites for hydroxylation is 1. The summed E-state index contributed by atoms with van der Waals surface area (Å²) in [6.07, 6.45) is 3.95. The van der Waals surface area contributed by atoms with Crippen LogP contribution in [0.5, 0.6) is 17.2 Å². The number of nitrogens with one attached hydrogen (secondary N) is 1. The minimum Gasteiger partial charge on any atom is -0.493 e. The van der Waals surface area contributed by atoms with Gasteiger partial charge in [0.2, 0.25) is 11.7 Å². The predicted octanol–water partition coefficient (Wildman–Crippen LogP) is 3.27. The summed E-state index contributed by atoms with van der Waals surface area (Å²) in [7, 11) is 4.47. The normalized spacial score (nSPS) is 10.9. The van der Waals surface area contributed by atoms with Crippen LogP contribution in [0.3, 0.4) is 0 Å². The van der Waals surface area contributed by atoms with E-state index in [1.807, 2.05) is 18.2 Å². The molecular weight excluding hydrogens is 470 g/mol. The van der Waals surface area contributed by atoms with Crippen LogP contribution in [0.25, 0.3) is 5.65 Å². The second-order valence-electron chi connectivity index (χ2n) is 7.39. The molecule has 0 radical (unpaired) electrons. The molecule has 1 N–H and O–H groups in total. The molecule has 10 nitrogen and oxygen atoms in total. The van der Waals surface area contributed by atoms with E-state index >= 15 is 0 Å². The number of rotatable bonds is 9. The Morgan fingerprint density at radius 2 is 1.80 bits per heavy atom. The van der Waals surface area contributed by atoms with E-state index in [0.717, 1.165) is 16.0 Å². The van der Waals surface area contributed by atoms with E-state index in [0.29, 0.717) is 33.6 Å². The molecule has 2 aromatic carbocycles. The fourth-order valence-corrected chi connectivity index (χ4v) is 4.63. The lowest BCUT2D eigenvalue weighted by Crippen LogP contribution is -2.28. The van der Waals surface area contributed by atoms with Gasteiger partial charge < -0.3 is 19.5 Å². The van der Waals surface area contributed by atoms with Crippen LogP contribution >= 0.6 is 11.8 Å². The molecule has 35 heavy (non-hydrogen) atoms. The van der Waals surface area contributed by atoms with Crippen LogP contribution in [0.15, 0.2) is 63.5 Å². The zero-order chi connectivity index (χ0) is 24.9. The third-order valence-corrected chi connectivity index (χ3v) is 6.37. The van der Waals surface area contributed by atoms with Crippen molar-refractivity contribution in [1.29, 1.82) is 0 Å². The second kappa shape index (κ2) is 10.5. The summed E-state index contributed by atoms with van der Waals surface area (Å²) in [6, 6.07) is 11.2. The standard InChI is InChI=1S/C24H25N5O5S/c1-5-15-8-6-7-9-19(15)35-23-22-27-29(24(31)28(22)11-10-25-23)14-20(30)26-16-12-17(32-2)21(34-4)18(13-16)33-3/h6-13H,5,14H2,1-4H3,(H,26,30). The number of amides is 1. The Morgan fingerprint density at radius 1 is 1.09 bits per heavy atom. The summed E-state index contributed by atoms with van der Waals surface area (Å²) in [4.78, 5) is 31.1. The highest BCUT2D eigenvalue weighted by Gasteiger charge is 2.18. The van der Waals surface area contributed by atoms with Crippen molar-refractivity contribution in [1.82, 2.24) is 19.2 Å². The number of methoxy groups -OCH3 is 3. The Balaban J connectivity index is 1.60. The zero-order valence-corrected chi connectivity index (χ0v) is 20.6. The van der Waals surface area contributed by atoms with Gasteiger partial charge in [-0.25, -0.2) is 18.9 Å². The van der Waals surface area contributed by atoms with E-state index in [1.165, 1.54) is 49.3 Å². The number of hydrogen-bond acceptors (Lipinski definition) is 8. The molecule has 0 aliphatic rings. The van der Waals surface area contributed by atoms with Crippen molar-refractivity contribution in [3.05, 3.63) is 64.8 Å². The second-order valence-corrected chi connectivity index (χ2v) is 8.42. The summed E-state index contributed by atoms with van der Waals surface area (Å²) in [5, 5.41) is 7.72. The molecule has 0 bridgehead atoms. The van der Waals surface area contributed by atoms with Gasteiger partial charge in [-0.05, 0) is 18.1 Å². The number of aromatic nitrogens is 4. The van der Waals surface area contributed by atoms with Crippen molar-refractivity contribution in [2.45, 2.75) is 29.8 Å². The first kappa shape index (κ1) is 24.1. The lowest BCUT2D eigenvalue weighted by molar-refractivity contribution is -0.117. The van der Waals surface area contributed by atoms with Gasteiger partial charge in [-0.2, -0.15) is 0 Å². The molecule has 0 aliphatic heterocycles. The van der Waals surface area contributed by atoms with Crippen molar-refractivity contribution < 1.29 is 19.0 Å². The van der Waals surface area contributed by atoms with Crippen LogP contribution in [-0.2, 0) is 17.8 Å². The van der Waals surface area contributed by atoms with Crippen molar-refractivity contribution >= 4 is 29.0 Å². The van der Waals surface area contributed by atoms with E-state index in [2.05, 4.69) is 28.4 Å². The van der Waals surface area contributed by atoms with Gasteiger partial charge in [-0.3, -0.25) is 4.79 Å². The van der Waals surface area contributed by atoms with Crippen LogP contribution < -0.4 is 25.2 Å². The third kappa shape index (κ3) is 4.94. The molecule has 0 aliphatic carbocycles. The topological polar surface area (TPSA) is 109 Å². The Kier molecular flexibility index (Phi) is 7.25. The summed E-state index contributed by atoms with van der Waals surface area (Å²) >= 11 is 1.44. The fourth-order valence-electron chi connectivity index (χ4n) is 3.59. The van der Waals surface area contributed by atoms with E-state index in [1.54, 1.807) is 18.3 Å². The SMILES string of the molecule is CCc1ccccc1Sc1nccn2c(=O)n(CC(=O)Nc3cc(OC)c(OC)c(OC)c3)nc12. The van der Waals surface area contributed by atoms with Crippen molar-refractivity contribution in [3.63, 3.8) is 0 Å². The van der Waals surface area contributed by atoms with E-state index in [9.17, 15) is 9.59 Å². The Labute approximate surface area is 205 Å². The molecule has 182 valence electrons. The van der Waals surface area contributed by atoms with Gasteiger partial charge in [-0.15, -0.1) is 5.10 Å². The van der Waals surface area contributed by atoms with Gasteiger partial charge in [0.1, 0.15) is 11.6 Å².